The van der Waals surface area contributed by atoms with Crippen molar-refractivity contribution in [2.75, 3.05) is 6.26 Å². The number of Topliss-reactive ketones (excluding diaryl/α,β-unsaturated/α-hetero) is 1. The summed E-state index contributed by atoms with van der Waals surface area (Å²) < 4.78 is 0. The van der Waals surface area contributed by atoms with E-state index >= 15 is 0 Å². The predicted octanol–water partition coefficient (Wildman–Crippen LogP) is 3.21. The highest BCUT2D eigenvalue weighted by atomic mass is 32.2. The maximum atomic E-state index is 11.7. The molecule has 0 saturated carbocycles. The Labute approximate surface area is 94.4 Å². The van der Waals surface area contributed by atoms with Crippen molar-refractivity contribution in [3.63, 3.8) is 0 Å². The van der Waals surface area contributed by atoms with E-state index in [-0.39, 0.29) is 5.78 Å². The third kappa shape index (κ3) is 1.73. The molecular weight excluding hydrogens is 208 g/mol. The molecule has 2 rings (SSSR count). The zero-order chi connectivity index (χ0) is 11.0. The largest absolute Gasteiger partial charge is 0.512 e. The lowest BCUT2D eigenvalue weighted by Crippen LogP contribution is -2.22. The van der Waals surface area contributed by atoms with Gasteiger partial charge in [-0.2, -0.15) is 0 Å². The van der Waals surface area contributed by atoms with Crippen LogP contribution in [0.15, 0.2) is 21.8 Å². The first-order valence-corrected chi connectivity index (χ1v) is 6.58. The highest BCUT2D eigenvalue weighted by molar-refractivity contribution is 8.03. The van der Waals surface area contributed by atoms with E-state index in [0.717, 1.165) is 35.3 Å². The van der Waals surface area contributed by atoms with Crippen molar-refractivity contribution in [2.45, 2.75) is 32.6 Å². The Morgan fingerprint density at radius 1 is 1.33 bits per heavy atom. The van der Waals surface area contributed by atoms with Gasteiger partial charge in [-0.25, -0.2) is 0 Å². The quantitative estimate of drug-likeness (QED) is 0.743. The van der Waals surface area contributed by atoms with E-state index in [2.05, 4.69) is 0 Å². The van der Waals surface area contributed by atoms with Crippen molar-refractivity contribution >= 4 is 17.5 Å². The number of thioether (sulfide) groups is 1. The van der Waals surface area contributed by atoms with E-state index in [9.17, 15) is 9.90 Å². The molecule has 1 unspecified atom stereocenters. The minimum absolute atomic E-state index is 0.253. The monoisotopic (exact) mass is 224 g/mol. The van der Waals surface area contributed by atoms with E-state index in [0.29, 0.717) is 18.1 Å². The van der Waals surface area contributed by atoms with Gasteiger partial charge in [-0.15, -0.1) is 11.8 Å². The Kier molecular flexibility index (Phi) is 2.91. The Balaban J connectivity index is 2.54. The van der Waals surface area contributed by atoms with E-state index in [4.69, 9.17) is 0 Å². The van der Waals surface area contributed by atoms with Crippen molar-refractivity contribution in [3.8, 4) is 0 Å². The highest BCUT2D eigenvalue weighted by Gasteiger charge is 2.32. The molecule has 2 aliphatic rings. The summed E-state index contributed by atoms with van der Waals surface area (Å²) >= 11 is 1.53. The lowest BCUT2D eigenvalue weighted by molar-refractivity contribution is -0.115. The molecule has 3 heteroatoms. The number of carbonyl (C=O) groups excluding carboxylic acids is 1. The predicted molar refractivity (Wildman–Crippen MR) is 62.8 cm³/mol. The molecule has 0 spiro atoms. The number of fused-ring (bicyclic) bond motifs is 1. The number of allylic oxidation sites excluding steroid dienone is 4. The Morgan fingerprint density at radius 2 is 2.00 bits per heavy atom. The van der Waals surface area contributed by atoms with Gasteiger partial charge in [-0.3, -0.25) is 4.79 Å². The third-order valence-electron chi connectivity index (χ3n) is 3.40. The lowest BCUT2D eigenvalue weighted by Gasteiger charge is -2.31. The number of hydrogen-bond donors (Lipinski definition) is 1. The van der Waals surface area contributed by atoms with Crippen molar-refractivity contribution in [2.24, 2.45) is 5.92 Å². The average Bonchev–Trinajstić information content (AvgIpc) is 2.24. The topological polar surface area (TPSA) is 37.3 Å². The maximum absolute atomic E-state index is 11.7. The second-order valence-corrected chi connectivity index (χ2v) is 5.03. The summed E-state index contributed by atoms with van der Waals surface area (Å²) in [5, 5.41) is 9.74. The molecule has 2 nitrogen and oxygen atoms in total. The zero-order valence-electron chi connectivity index (χ0n) is 9.17. The number of ketones is 1. The molecule has 0 amide bonds. The van der Waals surface area contributed by atoms with E-state index in [1.165, 1.54) is 11.8 Å². The van der Waals surface area contributed by atoms with Crippen LogP contribution in [0.25, 0.3) is 0 Å². The van der Waals surface area contributed by atoms with Crippen molar-refractivity contribution in [1.29, 1.82) is 0 Å². The van der Waals surface area contributed by atoms with Crippen LogP contribution in [0.1, 0.15) is 32.6 Å². The summed E-state index contributed by atoms with van der Waals surface area (Å²) in [5.74, 6) is 1.23. The molecule has 0 radical (unpaired) electrons. The van der Waals surface area contributed by atoms with Crippen LogP contribution in [-0.4, -0.2) is 17.1 Å². The molecule has 0 aromatic carbocycles. The van der Waals surface area contributed by atoms with Gasteiger partial charge in [0, 0.05) is 12.8 Å². The summed E-state index contributed by atoms with van der Waals surface area (Å²) in [4.78, 5) is 12.6. The fourth-order valence-electron chi connectivity index (χ4n) is 2.54. The molecule has 0 aromatic rings. The molecule has 82 valence electrons. The van der Waals surface area contributed by atoms with Crippen LogP contribution in [0, 0.1) is 5.92 Å². The van der Waals surface area contributed by atoms with Crippen LogP contribution in [0.4, 0.5) is 0 Å². The fourth-order valence-corrected chi connectivity index (χ4v) is 3.41. The Hall–Kier alpha value is -0.700. The summed E-state index contributed by atoms with van der Waals surface area (Å²) in [7, 11) is 0. The third-order valence-corrected chi connectivity index (χ3v) is 4.25. The Morgan fingerprint density at radius 3 is 2.67 bits per heavy atom. The normalized spacial score (nSPS) is 27.1. The first kappa shape index (κ1) is 10.8. The summed E-state index contributed by atoms with van der Waals surface area (Å²) in [6.07, 6.45) is 5.36. The molecule has 1 atom stereocenters. The molecule has 0 fully saturated rings. The van der Waals surface area contributed by atoms with Gasteiger partial charge in [-0.1, -0.05) is 0 Å². The average molecular weight is 224 g/mol. The van der Waals surface area contributed by atoms with Crippen LogP contribution >= 0.6 is 11.8 Å². The number of aliphatic hydroxyl groups is 1. The maximum Gasteiger partial charge on any atom is 0.169 e. The Bertz CT molecular complexity index is 366. The van der Waals surface area contributed by atoms with E-state index in [1.54, 1.807) is 0 Å². The summed E-state index contributed by atoms with van der Waals surface area (Å²) in [6, 6.07) is 0. The van der Waals surface area contributed by atoms with Gasteiger partial charge < -0.3 is 5.11 Å². The smallest absolute Gasteiger partial charge is 0.169 e. The van der Waals surface area contributed by atoms with Gasteiger partial charge >= 0.3 is 0 Å². The number of hydrogen-bond acceptors (Lipinski definition) is 3. The molecule has 0 heterocycles. The fraction of sp³-hybridized carbons (Fsp3) is 0.583. The van der Waals surface area contributed by atoms with Crippen molar-refractivity contribution in [1.82, 2.24) is 0 Å². The van der Waals surface area contributed by atoms with Crippen LogP contribution in [-0.2, 0) is 4.79 Å². The molecule has 1 N–H and O–H groups in total. The van der Waals surface area contributed by atoms with Gasteiger partial charge in [0.1, 0.15) is 0 Å². The minimum atomic E-state index is 0.253. The van der Waals surface area contributed by atoms with Gasteiger partial charge in [0.15, 0.2) is 5.78 Å². The minimum Gasteiger partial charge on any atom is -0.512 e. The van der Waals surface area contributed by atoms with E-state index in [1.807, 2.05) is 13.2 Å². The standard InChI is InChI=1S/C12H16O2S/c1-7-9(13)5-3-8-4-6-10(14)12(15-2)11(7)8/h8,13H,3-6H2,1-2H3. The number of aliphatic hydroxyl groups excluding tert-OH is 1. The molecule has 0 bridgehead atoms. The summed E-state index contributed by atoms with van der Waals surface area (Å²) in [5.41, 5.74) is 2.08. The highest BCUT2D eigenvalue weighted by Crippen LogP contribution is 2.43. The second-order valence-electron chi connectivity index (χ2n) is 4.22. The zero-order valence-corrected chi connectivity index (χ0v) is 9.99. The van der Waals surface area contributed by atoms with Gasteiger partial charge in [0.05, 0.1) is 10.7 Å². The number of carbonyl (C=O) groups is 1. The van der Waals surface area contributed by atoms with Crippen molar-refractivity contribution in [3.05, 3.63) is 21.8 Å². The van der Waals surface area contributed by atoms with Crippen LogP contribution < -0.4 is 0 Å². The van der Waals surface area contributed by atoms with Crippen molar-refractivity contribution < 1.29 is 9.90 Å². The summed E-state index contributed by atoms with van der Waals surface area (Å²) in [6.45, 7) is 1.94. The molecule has 0 aromatic heterocycles. The van der Waals surface area contributed by atoms with Crippen LogP contribution in [0.2, 0.25) is 0 Å². The second kappa shape index (κ2) is 4.05. The van der Waals surface area contributed by atoms with Crippen LogP contribution in [0.5, 0.6) is 0 Å². The molecule has 15 heavy (non-hydrogen) atoms. The molecule has 2 aliphatic carbocycles. The van der Waals surface area contributed by atoms with Crippen LogP contribution in [0.3, 0.4) is 0 Å². The SMILES string of the molecule is CSC1=C2C(C)=C(O)CCC2CCC1=O. The van der Waals surface area contributed by atoms with Gasteiger partial charge in [-0.05, 0) is 43.1 Å². The number of rotatable bonds is 1. The molecule has 0 saturated heterocycles. The first-order chi connectivity index (χ1) is 7.15. The van der Waals surface area contributed by atoms with E-state index < -0.39 is 0 Å². The lowest BCUT2D eigenvalue weighted by atomic mass is 9.76. The molecular formula is C12H16O2S. The molecule has 0 aliphatic heterocycles. The van der Waals surface area contributed by atoms with Gasteiger partial charge in [0.2, 0.25) is 0 Å². The van der Waals surface area contributed by atoms with Gasteiger partial charge in [0.25, 0.3) is 0 Å². The first-order valence-electron chi connectivity index (χ1n) is 5.35.